The molecule has 0 unspecified atom stereocenters. The molecule has 0 aromatic rings. The number of nitrogens with one attached hydrogen (secondary N) is 3. The van der Waals surface area contributed by atoms with Crippen LogP contribution in [0.3, 0.4) is 0 Å². The van der Waals surface area contributed by atoms with Gasteiger partial charge in [0.1, 0.15) is 5.60 Å². The number of rotatable bonds is 8. The topological polar surface area (TPSA) is 96.5 Å². The van der Waals surface area contributed by atoms with Gasteiger partial charge in [-0.1, -0.05) is 6.92 Å². The van der Waals surface area contributed by atoms with E-state index in [0.717, 1.165) is 6.42 Å². The lowest BCUT2D eigenvalue weighted by Crippen LogP contribution is -2.38. The Hall–Kier alpha value is -2.12. The predicted molar refractivity (Wildman–Crippen MR) is 84.4 cm³/mol. The van der Waals surface area contributed by atoms with Crippen molar-refractivity contribution in [3.8, 4) is 0 Å². The first-order valence-corrected chi connectivity index (χ1v) is 7.50. The van der Waals surface area contributed by atoms with Crippen LogP contribution >= 0.6 is 0 Å². The monoisotopic (exact) mass is 331 g/mol. The summed E-state index contributed by atoms with van der Waals surface area (Å²) in [6.07, 6.45) is -0.0700. The average Bonchev–Trinajstić information content (AvgIpc) is 2.44. The number of hydrogen-bond acceptors (Lipinski definition) is 4. The van der Waals surface area contributed by atoms with Crippen molar-refractivity contribution in [1.29, 1.82) is 0 Å². The van der Waals surface area contributed by atoms with E-state index in [4.69, 9.17) is 4.74 Å². The molecule has 0 spiro atoms. The van der Waals surface area contributed by atoms with Gasteiger partial charge in [-0.2, -0.15) is 0 Å². The van der Waals surface area contributed by atoms with Crippen molar-refractivity contribution in [2.45, 2.75) is 46.1 Å². The van der Waals surface area contributed by atoms with Gasteiger partial charge in [0, 0.05) is 19.6 Å². The van der Waals surface area contributed by atoms with Crippen LogP contribution in [0.2, 0.25) is 0 Å². The zero-order valence-corrected chi connectivity index (χ0v) is 14.1. The van der Waals surface area contributed by atoms with Crippen LogP contribution in [0.15, 0.2) is 11.9 Å². The summed E-state index contributed by atoms with van der Waals surface area (Å²) in [5, 5.41) is 7.42. The highest BCUT2D eigenvalue weighted by Gasteiger charge is 2.16. The van der Waals surface area contributed by atoms with Gasteiger partial charge >= 0.3 is 6.09 Å². The summed E-state index contributed by atoms with van der Waals surface area (Å²) in [4.78, 5) is 34.5. The Morgan fingerprint density at radius 3 is 2.17 bits per heavy atom. The van der Waals surface area contributed by atoms with E-state index in [1.165, 1.54) is 0 Å². The van der Waals surface area contributed by atoms with Crippen molar-refractivity contribution in [2.24, 2.45) is 0 Å². The Morgan fingerprint density at radius 2 is 1.65 bits per heavy atom. The second-order valence-corrected chi connectivity index (χ2v) is 5.85. The largest absolute Gasteiger partial charge is 0.444 e. The lowest BCUT2D eigenvalue weighted by molar-refractivity contribution is -0.123. The zero-order chi connectivity index (χ0) is 17.9. The lowest BCUT2D eigenvalue weighted by atomic mass is 10.2. The van der Waals surface area contributed by atoms with Crippen LogP contribution < -0.4 is 16.0 Å². The third-order valence-electron chi connectivity index (χ3n) is 2.43. The number of carbonyl (C=O) groups excluding carboxylic acids is 3. The number of carbonyl (C=O) groups is 3. The fraction of sp³-hybridized carbons (Fsp3) is 0.667. The summed E-state index contributed by atoms with van der Waals surface area (Å²) in [6.45, 7) is 7.77. The first-order chi connectivity index (χ1) is 10.7. The maximum Gasteiger partial charge on any atom is 0.407 e. The third-order valence-corrected chi connectivity index (χ3v) is 2.43. The summed E-state index contributed by atoms with van der Waals surface area (Å²) >= 11 is 0. The molecular weight excluding hydrogens is 305 g/mol. The maximum absolute atomic E-state index is 12.7. The zero-order valence-electron chi connectivity index (χ0n) is 14.1. The smallest absolute Gasteiger partial charge is 0.407 e. The maximum atomic E-state index is 12.7. The normalized spacial score (nSPS) is 11.6. The van der Waals surface area contributed by atoms with Gasteiger partial charge in [-0.15, -0.1) is 0 Å². The molecule has 0 saturated carbocycles. The minimum absolute atomic E-state index is 0.0893. The van der Waals surface area contributed by atoms with Gasteiger partial charge in [0.2, 0.25) is 11.8 Å². The van der Waals surface area contributed by atoms with Crippen LogP contribution in [0.5, 0.6) is 0 Å². The second kappa shape index (κ2) is 10.6. The summed E-state index contributed by atoms with van der Waals surface area (Å²) in [5.41, 5.74) is -0.876. The molecule has 0 atom stereocenters. The van der Waals surface area contributed by atoms with Crippen molar-refractivity contribution in [2.75, 3.05) is 19.6 Å². The molecule has 0 aliphatic carbocycles. The molecule has 3 amide bonds. The molecule has 0 aliphatic rings. The number of ether oxygens (including phenoxy) is 1. The number of hydrogen-bond donors (Lipinski definition) is 3. The van der Waals surface area contributed by atoms with E-state index in [1.807, 2.05) is 6.92 Å². The van der Waals surface area contributed by atoms with Gasteiger partial charge in [-0.05, 0) is 27.2 Å². The summed E-state index contributed by atoms with van der Waals surface area (Å²) < 4.78 is 17.7. The minimum Gasteiger partial charge on any atom is -0.444 e. The average molecular weight is 331 g/mol. The van der Waals surface area contributed by atoms with E-state index in [9.17, 15) is 18.8 Å². The first kappa shape index (κ1) is 20.9. The first-order valence-electron chi connectivity index (χ1n) is 7.50. The standard InChI is InChI=1S/C15H26FN3O4/c1-5-6-17-12(20)9-11(10-16)13(21)18-7-8-19-14(22)23-15(2,3)4/h10H,5-9H2,1-4H3,(H,17,20)(H,18,21)(H,19,22)/b11-10+. The Bertz CT molecular complexity index is 444. The van der Waals surface area contributed by atoms with E-state index >= 15 is 0 Å². The van der Waals surface area contributed by atoms with Crippen molar-refractivity contribution < 1.29 is 23.5 Å². The molecule has 0 saturated heterocycles. The molecule has 132 valence electrons. The molecule has 0 fully saturated rings. The van der Waals surface area contributed by atoms with E-state index in [-0.39, 0.29) is 31.4 Å². The molecule has 3 N–H and O–H groups in total. The number of halogens is 1. The van der Waals surface area contributed by atoms with Crippen molar-refractivity contribution in [3.63, 3.8) is 0 Å². The highest BCUT2D eigenvalue weighted by atomic mass is 19.1. The highest BCUT2D eigenvalue weighted by Crippen LogP contribution is 2.06. The molecule has 0 aliphatic heterocycles. The van der Waals surface area contributed by atoms with Crippen LogP contribution in [-0.2, 0) is 14.3 Å². The van der Waals surface area contributed by atoms with Gasteiger partial charge < -0.3 is 20.7 Å². The fourth-order valence-corrected chi connectivity index (χ4v) is 1.44. The predicted octanol–water partition coefficient (Wildman–Crippen LogP) is 1.40. The van der Waals surface area contributed by atoms with E-state index in [1.54, 1.807) is 20.8 Å². The molecule has 0 rings (SSSR count). The number of amides is 3. The van der Waals surface area contributed by atoms with Crippen LogP contribution in [-0.4, -0.2) is 43.1 Å². The Balaban J connectivity index is 4.08. The second-order valence-electron chi connectivity index (χ2n) is 5.85. The van der Waals surface area contributed by atoms with E-state index < -0.39 is 23.5 Å². The third kappa shape index (κ3) is 11.1. The van der Waals surface area contributed by atoms with Crippen LogP contribution in [0.25, 0.3) is 0 Å². The van der Waals surface area contributed by atoms with Gasteiger partial charge in [-0.25, -0.2) is 9.18 Å². The summed E-state index contributed by atoms with van der Waals surface area (Å²) in [7, 11) is 0. The fourth-order valence-electron chi connectivity index (χ4n) is 1.44. The van der Waals surface area contributed by atoms with Crippen molar-refractivity contribution in [1.82, 2.24) is 16.0 Å². The van der Waals surface area contributed by atoms with Crippen molar-refractivity contribution >= 4 is 17.9 Å². The summed E-state index contributed by atoms with van der Waals surface area (Å²) in [6, 6.07) is 0. The van der Waals surface area contributed by atoms with Crippen LogP contribution in [0.1, 0.15) is 40.5 Å². The molecule has 0 aromatic carbocycles. The highest BCUT2D eigenvalue weighted by molar-refractivity contribution is 5.98. The molecule has 7 nitrogen and oxygen atoms in total. The van der Waals surface area contributed by atoms with Crippen LogP contribution in [0.4, 0.5) is 9.18 Å². The molecule has 0 radical (unpaired) electrons. The Labute approximate surface area is 136 Å². The molecule has 8 heteroatoms. The van der Waals surface area contributed by atoms with Gasteiger partial charge in [0.25, 0.3) is 0 Å². The van der Waals surface area contributed by atoms with Crippen LogP contribution in [0, 0.1) is 0 Å². The molecule has 0 aromatic heterocycles. The SMILES string of the molecule is CCCNC(=O)C/C(=C\F)C(=O)NCCNC(=O)OC(C)(C)C. The molecule has 23 heavy (non-hydrogen) atoms. The van der Waals surface area contributed by atoms with Crippen molar-refractivity contribution in [3.05, 3.63) is 11.9 Å². The minimum atomic E-state index is -0.690. The molecule has 0 heterocycles. The van der Waals surface area contributed by atoms with Gasteiger partial charge in [0.05, 0.1) is 18.3 Å². The van der Waals surface area contributed by atoms with Gasteiger partial charge in [0.15, 0.2) is 0 Å². The van der Waals surface area contributed by atoms with Gasteiger partial charge in [-0.3, -0.25) is 9.59 Å². The molecular formula is C15H26FN3O4. The van der Waals surface area contributed by atoms with E-state index in [2.05, 4.69) is 16.0 Å². The Kier molecular flexibility index (Phi) is 9.60. The molecule has 0 bridgehead atoms. The Morgan fingerprint density at radius 1 is 1.04 bits per heavy atom. The quantitative estimate of drug-likeness (QED) is 0.463. The number of alkyl carbamates (subject to hydrolysis) is 1. The summed E-state index contributed by atoms with van der Waals surface area (Å²) in [5.74, 6) is -1.11. The van der Waals surface area contributed by atoms with E-state index in [0.29, 0.717) is 6.54 Å². The lowest BCUT2D eigenvalue weighted by Gasteiger charge is -2.19.